The first kappa shape index (κ1) is 17.7. The van der Waals surface area contributed by atoms with Gasteiger partial charge in [-0.3, -0.25) is 9.59 Å². The van der Waals surface area contributed by atoms with Crippen molar-refractivity contribution in [1.29, 1.82) is 0 Å². The van der Waals surface area contributed by atoms with Gasteiger partial charge in [-0.15, -0.1) is 6.58 Å². The van der Waals surface area contributed by atoms with Gasteiger partial charge in [-0.25, -0.2) is 4.98 Å². The highest BCUT2D eigenvalue weighted by Crippen LogP contribution is 2.60. The average molecular weight is 389 g/mol. The molecule has 0 spiro atoms. The summed E-state index contributed by atoms with van der Waals surface area (Å²) in [7, 11) is 0. The van der Waals surface area contributed by atoms with Gasteiger partial charge in [-0.05, 0) is 29.5 Å². The number of amides is 2. The number of imidazole rings is 1. The second-order valence-electron chi connectivity index (χ2n) is 8.48. The molecule has 1 aromatic heterocycles. The molecule has 2 fully saturated rings. The van der Waals surface area contributed by atoms with Crippen molar-refractivity contribution in [3.8, 4) is 0 Å². The number of aromatic amines is 1. The molecular weight excluding hydrogens is 366 g/mol. The van der Waals surface area contributed by atoms with Crippen LogP contribution in [0.2, 0.25) is 0 Å². The molecule has 0 saturated carbocycles. The number of nitrogens with zero attached hydrogens (tertiary/aromatic N) is 2. The normalized spacial score (nSPS) is 29.2. The maximum Gasteiger partial charge on any atom is 0.272 e. The van der Waals surface area contributed by atoms with Gasteiger partial charge in [0.15, 0.2) is 0 Å². The molecule has 3 aliphatic rings. The van der Waals surface area contributed by atoms with Crippen molar-refractivity contribution in [3.63, 3.8) is 0 Å². The van der Waals surface area contributed by atoms with Crippen molar-refractivity contribution in [2.24, 2.45) is 5.41 Å². The summed E-state index contributed by atoms with van der Waals surface area (Å²) in [6.07, 6.45) is 6.91. The first-order chi connectivity index (χ1) is 13.9. The topological polar surface area (TPSA) is 90.1 Å². The quantitative estimate of drug-likeness (QED) is 0.555. The van der Waals surface area contributed by atoms with Gasteiger partial charge < -0.3 is 20.5 Å². The highest BCUT2D eigenvalue weighted by molar-refractivity contribution is 6.08. The van der Waals surface area contributed by atoms with E-state index in [9.17, 15) is 9.59 Å². The lowest BCUT2D eigenvalue weighted by Crippen LogP contribution is -2.59. The van der Waals surface area contributed by atoms with Crippen LogP contribution in [-0.2, 0) is 15.0 Å². The maximum atomic E-state index is 13.5. The number of aromatic nitrogens is 2. The Balaban J connectivity index is 1.65. The Morgan fingerprint density at radius 2 is 2.10 bits per heavy atom. The minimum Gasteiger partial charge on any atom is -0.364 e. The molecule has 29 heavy (non-hydrogen) atoms. The number of hydrogen-bond donors (Lipinski definition) is 3. The minimum atomic E-state index is -0.536. The molecule has 2 aromatic rings. The molecule has 3 aliphatic heterocycles. The summed E-state index contributed by atoms with van der Waals surface area (Å²) >= 11 is 0. The Labute approximate surface area is 168 Å². The molecule has 3 N–H and O–H groups in total. The van der Waals surface area contributed by atoms with Gasteiger partial charge in [-0.2, -0.15) is 0 Å². The van der Waals surface area contributed by atoms with Crippen molar-refractivity contribution >= 4 is 23.6 Å². The number of piperazine rings is 1. The molecule has 2 amide bonds. The van der Waals surface area contributed by atoms with Crippen LogP contribution in [0.3, 0.4) is 0 Å². The van der Waals surface area contributed by atoms with Crippen molar-refractivity contribution in [2.75, 3.05) is 5.32 Å². The van der Waals surface area contributed by atoms with Gasteiger partial charge in [0.05, 0.1) is 18.2 Å². The summed E-state index contributed by atoms with van der Waals surface area (Å²) < 4.78 is 0. The van der Waals surface area contributed by atoms with Crippen LogP contribution >= 0.6 is 0 Å². The zero-order valence-corrected chi connectivity index (χ0v) is 16.4. The summed E-state index contributed by atoms with van der Waals surface area (Å²) in [5.41, 5.74) is 2.24. The Morgan fingerprint density at radius 3 is 2.83 bits per heavy atom. The van der Waals surface area contributed by atoms with E-state index in [0.717, 1.165) is 11.3 Å². The second-order valence-corrected chi connectivity index (χ2v) is 8.48. The molecular formula is C22H23N5O2. The number of H-pyrrole nitrogens is 1. The van der Waals surface area contributed by atoms with Crippen LogP contribution in [0, 0.1) is 5.41 Å². The van der Waals surface area contributed by atoms with E-state index in [1.807, 2.05) is 24.3 Å². The van der Waals surface area contributed by atoms with Crippen LogP contribution in [0.15, 0.2) is 55.1 Å². The lowest BCUT2D eigenvalue weighted by Gasteiger charge is -2.43. The Bertz CT molecular complexity index is 1050. The van der Waals surface area contributed by atoms with Gasteiger partial charge in [0.1, 0.15) is 17.9 Å². The smallest absolute Gasteiger partial charge is 0.272 e. The third-order valence-corrected chi connectivity index (χ3v) is 6.80. The lowest BCUT2D eigenvalue weighted by atomic mass is 9.60. The van der Waals surface area contributed by atoms with Crippen LogP contribution in [-0.4, -0.2) is 38.9 Å². The number of para-hydroxylation sites is 1. The second kappa shape index (κ2) is 5.83. The number of anilines is 1. The van der Waals surface area contributed by atoms with E-state index in [1.165, 1.54) is 6.33 Å². The van der Waals surface area contributed by atoms with E-state index >= 15 is 0 Å². The summed E-state index contributed by atoms with van der Waals surface area (Å²) in [5, 5.41) is 6.34. The number of carbonyl (C=O) groups is 2. The van der Waals surface area contributed by atoms with E-state index in [2.05, 4.69) is 47.1 Å². The van der Waals surface area contributed by atoms with Crippen LogP contribution in [0.4, 0.5) is 5.69 Å². The number of carbonyl (C=O) groups excluding carboxylic acids is 2. The van der Waals surface area contributed by atoms with E-state index in [-0.39, 0.29) is 29.1 Å². The van der Waals surface area contributed by atoms with Crippen molar-refractivity contribution in [1.82, 2.24) is 20.2 Å². The predicted molar refractivity (Wildman–Crippen MR) is 109 cm³/mol. The molecule has 7 nitrogen and oxygen atoms in total. The molecule has 0 radical (unpaired) electrons. The molecule has 0 bridgehead atoms. The van der Waals surface area contributed by atoms with Gasteiger partial charge in [-0.1, -0.05) is 38.1 Å². The highest BCUT2D eigenvalue weighted by atomic mass is 16.2. The summed E-state index contributed by atoms with van der Waals surface area (Å²) in [6.45, 7) is 8.32. The van der Waals surface area contributed by atoms with Crippen LogP contribution in [0.1, 0.15) is 31.5 Å². The third kappa shape index (κ3) is 2.21. The molecule has 2 saturated heterocycles. The molecule has 1 aromatic carbocycles. The Morgan fingerprint density at radius 1 is 1.31 bits per heavy atom. The fraction of sp³-hybridized carbons (Fsp3) is 0.318. The van der Waals surface area contributed by atoms with Crippen LogP contribution in [0.25, 0.3) is 6.08 Å². The summed E-state index contributed by atoms with van der Waals surface area (Å²) in [6, 6.07) is 7.57. The summed E-state index contributed by atoms with van der Waals surface area (Å²) in [5.74, 6) is -0.362. The number of fused-ring (bicyclic) bond motifs is 5. The molecule has 5 rings (SSSR count). The van der Waals surface area contributed by atoms with Crippen molar-refractivity contribution < 1.29 is 9.59 Å². The number of hydrogen-bond acceptors (Lipinski definition) is 4. The molecule has 148 valence electrons. The Kier molecular flexibility index (Phi) is 3.56. The molecule has 7 heteroatoms. The largest absolute Gasteiger partial charge is 0.364 e. The van der Waals surface area contributed by atoms with Crippen LogP contribution < -0.4 is 10.6 Å². The van der Waals surface area contributed by atoms with E-state index < -0.39 is 11.5 Å². The van der Waals surface area contributed by atoms with Gasteiger partial charge in [0.2, 0.25) is 5.91 Å². The zero-order valence-electron chi connectivity index (χ0n) is 16.4. The predicted octanol–water partition coefficient (Wildman–Crippen LogP) is 2.38. The van der Waals surface area contributed by atoms with E-state index in [0.29, 0.717) is 12.1 Å². The zero-order chi connectivity index (χ0) is 20.4. The van der Waals surface area contributed by atoms with Gasteiger partial charge >= 0.3 is 0 Å². The third-order valence-electron chi connectivity index (χ3n) is 6.80. The lowest BCUT2D eigenvalue weighted by molar-refractivity contribution is -0.141. The van der Waals surface area contributed by atoms with Crippen molar-refractivity contribution in [2.45, 2.75) is 37.9 Å². The molecule has 0 aliphatic carbocycles. The first-order valence-electron chi connectivity index (χ1n) is 9.72. The van der Waals surface area contributed by atoms with Crippen molar-refractivity contribution in [3.05, 3.63) is 66.4 Å². The monoisotopic (exact) mass is 389 g/mol. The fourth-order valence-corrected chi connectivity index (χ4v) is 5.16. The molecule has 4 heterocycles. The van der Waals surface area contributed by atoms with E-state index in [4.69, 9.17) is 0 Å². The highest BCUT2D eigenvalue weighted by Gasteiger charge is 2.66. The first-order valence-corrected chi connectivity index (χ1v) is 9.72. The average Bonchev–Trinajstić information content (AvgIpc) is 3.40. The fourth-order valence-electron chi connectivity index (χ4n) is 5.16. The molecule has 3 atom stereocenters. The van der Waals surface area contributed by atoms with E-state index in [1.54, 1.807) is 17.2 Å². The molecule has 1 unspecified atom stereocenters. The SMILES string of the molecule is C=CC(C)(C)[C@@]12C[C@H]3C(=O)N/C(=C\c4cnc[nH]4)C(=O)N3C1Nc1ccccc12. The summed E-state index contributed by atoms with van der Waals surface area (Å²) in [4.78, 5) is 35.1. The van der Waals surface area contributed by atoms with Gasteiger partial charge in [0.25, 0.3) is 5.91 Å². The number of allylic oxidation sites excluding steroid dienone is 1. The number of benzene rings is 1. The number of rotatable bonds is 3. The number of nitrogens with one attached hydrogen (secondary N) is 3. The maximum absolute atomic E-state index is 13.5. The Hall–Kier alpha value is -3.35. The standard InChI is InChI=1S/C22H23N5O2/c1-4-21(2,3)22-10-17-18(28)25-16(9-13-11-23-12-24-13)19(29)27(17)20(22)26-15-8-6-5-7-14(15)22/h4-9,11-12,17,20,26H,1,10H2,2-3H3,(H,23,24)(H,25,28)/b16-9-/t17-,20?,22+/m0/s1. The minimum absolute atomic E-state index is 0.164. The van der Waals surface area contributed by atoms with Crippen LogP contribution in [0.5, 0.6) is 0 Å². The van der Waals surface area contributed by atoms with Gasteiger partial charge in [0, 0.05) is 11.1 Å².